The second-order valence-corrected chi connectivity index (χ2v) is 14.9. The third-order valence-electron chi connectivity index (χ3n) is 8.84. The highest BCUT2D eigenvalue weighted by Gasteiger charge is 2.46. The summed E-state index contributed by atoms with van der Waals surface area (Å²) < 4.78 is 10.3. The lowest BCUT2D eigenvalue weighted by molar-refractivity contribution is -0.266. The van der Waals surface area contributed by atoms with E-state index in [9.17, 15) is 28.8 Å². The molecule has 260 valence electrons. The molecule has 0 bridgehead atoms. The first-order valence-electron chi connectivity index (χ1n) is 16.1. The molecule has 12 heteroatoms. The second-order valence-electron chi connectivity index (χ2n) is 14.9. The molecule has 0 N–H and O–H groups in total. The molecule has 0 aromatic carbocycles. The molecule has 2 unspecified atom stereocenters. The number of Topliss-reactive ketones (excluding diaryl/α,β-unsaturated/α-hetero) is 2. The number of ketones is 2. The van der Waals surface area contributed by atoms with Gasteiger partial charge >= 0.3 is 23.9 Å². The fourth-order valence-electron chi connectivity index (χ4n) is 6.44. The highest BCUT2D eigenvalue weighted by Crippen LogP contribution is 2.39. The zero-order valence-electron chi connectivity index (χ0n) is 29.4. The quantitative estimate of drug-likeness (QED) is 0.144. The number of ether oxygens (including phenoxy) is 2. The summed E-state index contributed by atoms with van der Waals surface area (Å²) in [4.78, 5) is 86.5. The van der Waals surface area contributed by atoms with E-state index in [1.54, 1.807) is 10.1 Å². The van der Waals surface area contributed by atoms with Crippen LogP contribution in [-0.2, 0) is 47.9 Å². The molecule has 0 aliphatic carbocycles. The van der Waals surface area contributed by atoms with Crippen LogP contribution in [0, 0.1) is 11.8 Å². The molecule has 0 amide bonds. The molecule has 46 heavy (non-hydrogen) atoms. The molecule has 2 fully saturated rings. The van der Waals surface area contributed by atoms with Crippen molar-refractivity contribution >= 4 is 35.4 Å². The summed E-state index contributed by atoms with van der Waals surface area (Å²) >= 11 is 0. The number of carbonyl (C=O) groups excluding carboxylic acids is 6. The average molecular weight is 651 g/mol. The summed E-state index contributed by atoms with van der Waals surface area (Å²) in [5.41, 5.74) is -1.58. The molecule has 2 heterocycles. The molecule has 0 aromatic heterocycles. The second kappa shape index (κ2) is 15.6. The molecule has 0 aromatic rings. The van der Waals surface area contributed by atoms with E-state index >= 15 is 0 Å². The van der Waals surface area contributed by atoms with Crippen LogP contribution < -0.4 is 0 Å². The minimum Gasteiger partial charge on any atom is -0.461 e. The molecular weight excluding hydrogens is 596 g/mol. The van der Waals surface area contributed by atoms with Gasteiger partial charge in [0.25, 0.3) is 0 Å². The molecule has 0 spiro atoms. The van der Waals surface area contributed by atoms with Crippen LogP contribution in [0.4, 0.5) is 0 Å². The average Bonchev–Trinajstić information content (AvgIpc) is 2.91. The van der Waals surface area contributed by atoms with Crippen molar-refractivity contribution in [2.24, 2.45) is 11.8 Å². The van der Waals surface area contributed by atoms with E-state index in [1.165, 1.54) is 26.0 Å². The van der Waals surface area contributed by atoms with Crippen LogP contribution in [0.1, 0.15) is 121 Å². The van der Waals surface area contributed by atoms with E-state index < -0.39 is 82.3 Å². The molecule has 2 atom stereocenters. The Morgan fingerprint density at radius 2 is 0.848 bits per heavy atom. The topological polar surface area (TPSA) is 146 Å². The predicted octanol–water partition coefficient (Wildman–Crippen LogP) is 4.82. The minimum atomic E-state index is -1.33. The fraction of sp³-hybridized carbons (Fsp3) is 0.765. The Morgan fingerprint density at radius 3 is 1.11 bits per heavy atom. The number of piperidine rings is 2. The summed E-state index contributed by atoms with van der Waals surface area (Å²) in [6, 6.07) is 0. The molecule has 2 aliphatic heterocycles. The summed E-state index contributed by atoms with van der Waals surface area (Å²) in [5, 5.41) is 3.32. The van der Waals surface area contributed by atoms with Gasteiger partial charge in [-0.25, -0.2) is 0 Å². The van der Waals surface area contributed by atoms with Crippen LogP contribution >= 0.6 is 0 Å². The van der Waals surface area contributed by atoms with Gasteiger partial charge in [-0.05, 0) is 120 Å². The first-order chi connectivity index (χ1) is 21.1. The van der Waals surface area contributed by atoms with Crippen molar-refractivity contribution in [2.45, 2.75) is 143 Å². The first-order valence-corrected chi connectivity index (χ1v) is 16.1. The highest BCUT2D eigenvalue weighted by atomic mass is 16.7. The molecule has 2 saturated heterocycles. The van der Waals surface area contributed by atoms with Crippen LogP contribution in [0.25, 0.3) is 0 Å². The maximum Gasteiger partial charge on any atom is 0.326 e. The standard InChI is InChI=1S/C34H54N2O10/c1-23(37)25(21-27(39)45-35-31(3,4)15-13-16-32(35,5)6)29(41)43-19-11-12-20-44-30(42)26(24(2)38)22-28(40)46-36-33(7,8)17-14-18-34(36,9)10/h11-12,25-26H,13-22H2,1-10H3. The van der Waals surface area contributed by atoms with Gasteiger partial charge in [-0.15, -0.1) is 10.1 Å². The molecule has 2 aliphatic rings. The van der Waals surface area contributed by atoms with Gasteiger partial charge in [0.2, 0.25) is 0 Å². The van der Waals surface area contributed by atoms with Gasteiger partial charge in [0.05, 0.1) is 35.0 Å². The van der Waals surface area contributed by atoms with Gasteiger partial charge < -0.3 is 19.1 Å². The Balaban J connectivity index is 1.85. The summed E-state index contributed by atoms with van der Waals surface area (Å²) in [5.74, 6) is -6.86. The third-order valence-corrected chi connectivity index (χ3v) is 8.84. The van der Waals surface area contributed by atoms with Crippen molar-refractivity contribution in [3.8, 4) is 0 Å². The van der Waals surface area contributed by atoms with Gasteiger partial charge in [0.15, 0.2) is 0 Å². The largest absolute Gasteiger partial charge is 0.461 e. The normalized spacial score (nSPS) is 21.9. The highest BCUT2D eigenvalue weighted by molar-refractivity contribution is 6.01. The Labute approximate surface area is 273 Å². The molecule has 0 saturated carbocycles. The number of hydrogen-bond donors (Lipinski definition) is 0. The Kier molecular flexibility index (Phi) is 13.3. The van der Waals surface area contributed by atoms with Gasteiger partial charge in [0, 0.05) is 0 Å². The van der Waals surface area contributed by atoms with E-state index in [-0.39, 0.29) is 13.2 Å². The van der Waals surface area contributed by atoms with Crippen LogP contribution in [0.3, 0.4) is 0 Å². The number of esters is 2. The van der Waals surface area contributed by atoms with E-state index in [0.717, 1.165) is 38.5 Å². The predicted molar refractivity (Wildman–Crippen MR) is 169 cm³/mol. The number of hydroxylamine groups is 4. The fourth-order valence-corrected chi connectivity index (χ4v) is 6.44. The lowest BCUT2D eigenvalue weighted by Gasteiger charge is -2.50. The molecular formula is C34H54N2O10. The van der Waals surface area contributed by atoms with Crippen molar-refractivity contribution < 1.29 is 47.9 Å². The molecule has 12 nitrogen and oxygen atoms in total. The Hall–Kier alpha value is -3.12. The number of hydrogen-bond acceptors (Lipinski definition) is 12. The Bertz CT molecular complexity index is 1060. The van der Waals surface area contributed by atoms with E-state index in [1.807, 2.05) is 55.4 Å². The van der Waals surface area contributed by atoms with Crippen LogP contribution in [0.2, 0.25) is 0 Å². The summed E-state index contributed by atoms with van der Waals surface area (Å²) in [6.45, 7) is 17.8. The van der Waals surface area contributed by atoms with Crippen molar-refractivity contribution in [3.05, 3.63) is 12.2 Å². The van der Waals surface area contributed by atoms with Crippen molar-refractivity contribution in [3.63, 3.8) is 0 Å². The first kappa shape index (κ1) is 39.1. The number of rotatable bonds is 14. The lowest BCUT2D eigenvalue weighted by atomic mass is 9.82. The lowest BCUT2D eigenvalue weighted by Crippen LogP contribution is -2.59. The van der Waals surface area contributed by atoms with Crippen molar-refractivity contribution in [1.82, 2.24) is 10.1 Å². The SMILES string of the molecule is CC(=O)C(CC(=O)ON1C(C)(C)CCCC1(C)C)C(=O)OCC=CCOC(=O)C(CC(=O)ON1C(C)(C)CCCC1(C)C)C(C)=O. The van der Waals surface area contributed by atoms with Crippen molar-refractivity contribution in [1.29, 1.82) is 0 Å². The molecule has 0 radical (unpaired) electrons. The Morgan fingerprint density at radius 1 is 0.565 bits per heavy atom. The maximum atomic E-state index is 12.8. The van der Waals surface area contributed by atoms with Crippen molar-refractivity contribution in [2.75, 3.05) is 13.2 Å². The van der Waals surface area contributed by atoms with E-state index in [4.69, 9.17) is 19.1 Å². The van der Waals surface area contributed by atoms with Crippen LogP contribution in [0.5, 0.6) is 0 Å². The van der Waals surface area contributed by atoms with Crippen LogP contribution in [0.15, 0.2) is 12.2 Å². The number of nitrogens with zero attached hydrogens (tertiary/aromatic N) is 2. The van der Waals surface area contributed by atoms with Gasteiger partial charge in [-0.1, -0.05) is 0 Å². The smallest absolute Gasteiger partial charge is 0.326 e. The summed E-state index contributed by atoms with van der Waals surface area (Å²) in [6.07, 6.45) is 7.20. The van der Waals surface area contributed by atoms with Gasteiger partial charge in [0.1, 0.15) is 36.6 Å². The van der Waals surface area contributed by atoms with Crippen LogP contribution in [-0.4, -0.2) is 80.9 Å². The van der Waals surface area contributed by atoms with E-state index in [2.05, 4.69) is 0 Å². The summed E-state index contributed by atoms with van der Waals surface area (Å²) in [7, 11) is 0. The van der Waals surface area contributed by atoms with Gasteiger partial charge in [-0.3, -0.25) is 28.8 Å². The van der Waals surface area contributed by atoms with E-state index in [0.29, 0.717) is 0 Å². The zero-order chi connectivity index (χ0) is 35.1. The number of carbonyl (C=O) groups is 6. The minimum absolute atomic E-state index is 0.245. The third kappa shape index (κ3) is 10.7. The zero-order valence-corrected chi connectivity index (χ0v) is 29.4. The monoisotopic (exact) mass is 650 g/mol. The molecule has 2 rings (SSSR count). The van der Waals surface area contributed by atoms with Gasteiger partial charge in [-0.2, -0.15) is 0 Å². The maximum absolute atomic E-state index is 12.8.